The molecule has 10 nitrogen and oxygen atoms in total. The van der Waals surface area contributed by atoms with Gasteiger partial charge in [0.25, 0.3) is 11.8 Å². The molecule has 0 bridgehead atoms. The lowest BCUT2D eigenvalue weighted by atomic mass is 10.1. The van der Waals surface area contributed by atoms with Crippen LogP contribution in [0.5, 0.6) is 23.0 Å². The minimum Gasteiger partial charge on any atom is -0.488 e. The third-order valence-corrected chi connectivity index (χ3v) is 5.79. The highest BCUT2D eigenvalue weighted by atomic mass is 32.1. The third kappa shape index (κ3) is 5.10. The Morgan fingerprint density at radius 1 is 1.26 bits per heavy atom. The largest absolute Gasteiger partial charge is 0.488 e. The van der Waals surface area contributed by atoms with Crippen LogP contribution in [0, 0.1) is 6.92 Å². The molecule has 1 aliphatic heterocycles. The average Bonchev–Trinajstić information content (AvgIpc) is 3.21. The molecule has 1 aromatic heterocycles. The molecule has 0 radical (unpaired) electrons. The molecule has 1 aliphatic rings. The number of benzene rings is 2. The standard InChI is InChI=1S/C23H24N4O6S/c1-12(11-28)31-17-7-15(21(29)25-23-24-13(2)26-34-23)8-18(9-17)33-16-5-6-19-20(10-16)32-14(3)27(4)22(19)30/h5-10,12,14,28H,11H2,1-4H3,(H,24,25,26,29)/t12-,14?/m0/s1. The van der Waals surface area contributed by atoms with Crippen molar-refractivity contribution in [2.24, 2.45) is 0 Å². The van der Waals surface area contributed by atoms with Gasteiger partial charge in [-0.25, -0.2) is 4.98 Å². The molecule has 0 fully saturated rings. The number of fused-ring (bicyclic) bond motifs is 1. The fourth-order valence-corrected chi connectivity index (χ4v) is 3.78. The second-order valence-electron chi connectivity index (χ2n) is 7.80. The van der Waals surface area contributed by atoms with Crippen molar-refractivity contribution < 1.29 is 28.9 Å². The van der Waals surface area contributed by atoms with Crippen LogP contribution in [0.4, 0.5) is 5.13 Å². The number of hydrogen-bond acceptors (Lipinski definition) is 9. The number of anilines is 1. The van der Waals surface area contributed by atoms with Crippen molar-refractivity contribution in [3.05, 3.63) is 53.3 Å². The maximum atomic E-state index is 12.8. The van der Waals surface area contributed by atoms with E-state index in [1.165, 1.54) is 4.90 Å². The Hall–Kier alpha value is -3.70. The number of ether oxygens (including phenoxy) is 3. The predicted octanol–water partition coefficient (Wildman–Crippen LogP) is 3.46. The second-order valence-corrected chi connectivity index (χ2v) is 8.55. The lowest BCUT2D eigenvalue weighted by Crippen LogP contribution is -2.42. The van der Waals surface area contributed by atoms with E-state index in [0.717, 1.165) is 11.5 Å². The molecule has 11 heteroatoms. The molecule has 0 saturated carbocycles. The maximum Gasteiger partial charge on any atom is 0.260 e. The average molecular weight is 485 g/mol. The van der Waals surface area contributed by atoms with Crippen LogP contribution in [0.15, 0.2) is 36.4 Å². The predicted molar refractivity (Wildman–Crippen MR) is 125 cm³/mol. The molecule has 0 aliphatic carbocycles. The number of aryl methyl sites for hydroxylation is 1. The summed E-state index contributed by atoms with van der Waals surface area (Å²) in [5.74, 6) is 1.51. The van der Waals surface area contributed by atoms with Crippen LogP contribution in [0.3, 0.4) is 0 Å². The number of aliphatic hydroxyl groups is 1. The summed E-state index contributed by atoms with van der Waals surface area (Å²) in [5, 5.41) is 12.4. The van der Waals surface area contributed by atoms with Crippen molar-refractivity contribution in [1.82, 2.24) is 14.3 Å². The molecule has 34 heavy (non-hydrogen) atoms. The number of hydrogen-bond donors (Lipinski definition) is 2. The van der Waals surface area contributed by atoms with Gasteiger partial charge >= 0.3 is 0 Å². The Bertz CT molecular complexity index is 1230. The Morgan fingerprint density at radius 3 is 2.74 bits per heavy atom. The lowest BCUT2D eigenvalue weighted by Gasteiger charge is -2.31. The highest BCUT2D eigenvalue weighted by Gasteiger charge is 2.28. The van der Waals surface area contributed by atoms with Crippen LogP contribution in [0.2, 0.25) is 0 Å². The van der Waals surface area contributed by atoms with Gasteiger partial charge in [0.1, 0.15) is 34.9 Å². The van der Waals surface area contributed by atoms with Gasteiger partial charge in [-0.1, -0.05) is 0 Å². The van der Waals surface area contributed by atoms with Crippen LogP contribution in [0.25, 0.3) is 0 Å². The van der Waals surface area contributed by atoms with E-state index < -0.39 is 18.2 Å². The smallest absolute Gasteiger partial charge is 0.260 e. The monoisotopic (exact) mass is 484 g/mol. The maximum absolute atomic E-state index is 12.8. The molecular weight excluding hydrogens is 460 g/mol. The first kappa shape index (κ1) is 23.5. The summed E-state index contributed by atoms with van der Waals surface area (Å²) >= 11 is 1.08. The van der Waals surface area contributed by atoms with Crippen LogP contribution in [-0.4, -0.2) is 57.2 Å². The van der Waals surface area contributed by atoms with E-state index >= 15 is 0 Å². The molecule has 2 amide bonds. The quantitative estimate of drug-likeness (QED) is 0.523. The summed E-state index contributed by atoms with van der Waals surface area (Å²) in [6.45, 7) is 5.02. The highest BCUT2D eigenvalue weighted by molar-refractivity contribution is 7.09. The van der Waals surface area contributed by atoms with Crippen molar-refractivity contribution in [1.29, 1.82) is 0 Å². The Kier molecular flexibility index (Phi) is 6.66. The van der Waals surface area contributed by atoms with E-state index in [1.54, 1.807) is 64.2 Å². The van der Waals surface area contributed by atoms with E-state index in [9.17, 15) is 14.7 Å². The number of aliphatic hydroxyl groups excluding tert-OH is 1. The van der Waals surface area contributed by atoms with E-state index in [4.69, 9.17) is 14.2 Å². The van der Waals surface area contributed by atoms with E-state index in [2.05, 4.69) is 14.7 Å². The number of carbonyl (C=O) groups excluding carboxylic acids is 2. The first-order chi connectivity index (χ1) is 16.2. The fourth-order valence-electron chi connectivity index (χ4n) is 3.21. The normalized spacial score (nSPS) is 15.9. The molecule has 1 unspecified atom stereocenters. The van der Waals surface area contributed by atoms with Gasteiger partial charge in [0.15, 0.2) is 6.23 Å². The van der Waals surface area contributed by atoms with Crippen molar-refractivity contribution in [2.45, 2.75) is 33.1 Å². The van der Waals surface area contributed by atoms with Crippen LogP contribution < -0.4 is 19.5 Å². The zero-order chi connectivity index (χ0) is 24.4. The second kappa shape index (κ2) is 9.65. The minimum atomic E-state index is -0.487. The zero-order valence-electron chi connectivity index (χ0n) is 19.1. The number of aromatic nitrogens is 2. The number of amides is 2. The summed E-state index contributed by atoms with van der Waals surface area (Å²) < 4.78 is 21.6. The molecule has 0 spiro atoms. The zero-order valence-corrected chi connectivity index (χ0v) is 19.9. The van der Waals surface area contributed by atoms with Gasteiger partial charge in [0.2, 0.25) is 5.13 Å². The van der Waals surface area contributed by atoms with Gasteiger partial charge in [-0.05, 0) is 45.0 Å². The van der Waals surface area contributed by atoms with Crippen molar-refractivity contribution in [3.8, 4) is 23.0 Å². The van der Waals surface area contributed by atoms with Crippen LogP contribution in [-0.2, 0) is 0 Å². The minimum absolute atomic E-state index is 0.139. The van der Waals surface area contributed by atoms with Crippen LogP contribution in [0.1, 0.15) is 40.4 Å². The topological polar surface area (TPSA) is 123 Å². The molecule has 4 rings (SSSR count). The molecule has 178 valence electrons. The van der Waals surface area contributed by atoms with Crippen molar-refractivity contribution in [3.63, 3.8) is 0 Å². The summed E-state index contributed by atoms with van der Waals surface area (Å²) in [7, 11) is 1.68. The SMILES string of the molecule is Cc1nsc(NC(=O)c2cc(Oc3ccc4c(c3)OC(C)N(C)C4=O)cc(O[C@@H](C)CO)c2)n1. The fraction of sp³-hybridized carbons (Fsp3) is 0.304. The van der Waals surface area contributed by atoms with Gasteiger partial charge < -0.3 is 24.2 Å². The Balaban J connectivity index is 1.62. The van der Waals surface area contributed by atoms with Gasteiger partial charge in [0.05, 0.1) is 12.2 Å². The van der Waals surface area contributed by atoms with E-state index in [-0.39, 0.29) is 18.1 Å². The van der Waals surface area contributed by atoms with Gasteiger partial charge in [-0.3, -0.25) is 14.9 Å². The number of nitrogens with one attached hydrogen (secondary N) is 1. The van der Waals surface area contributed by atoms with E-state index in [0.29, 0.717) is 39.5 Å². The van der Waals surface area contributed by atoms with E-state index in [1.807, 2.05) is 0 Å². The first-order valence-electron chi connectivity index (χ1n) is 10.5. The Morgan fingerprint density at radius 2 is 2.03 bits per heavy atom. The highest BCUT2D eigenvalue weighted by Crippen LogP contribution is 2.34. The van der Waals surface area contributed by atoms with Gasteiger partial charge in [-0.15, -0.1) is 0 Å². The molecule has 2 aromatic carbocycles. The summed E-state index contributed by atoms with van der Waals surface area (Å²) in [6.07, 6.45) is -0.898. The lowest BCUT2D eigenvalue weighted by molar-refractivity contribution is 0.0293. The summed E-state index contributed by atoms with van der Waals surface area (Å²) in [4.78, 5) is 30.9. The molecule has 2 N–H and O–H groups in total. The number of carbonyl (C=O) groups is 2. The van der Waals surface area contributed by atoms with Gasteiger partial charge in [-0.2, -0.15) is 4.37 Å². The van der Waals surface area contributed by atoms with Crippen molar-refractivity contribution in [2.75, 3.05) is 19.0 Å². The number of rotatable bonds is 7. The van der Waals surface area contributed by atoms with Gasteiger partial charge in [0, 0.05) is 36.3 Å². The molecular formula is C23H24N4O6S. The van der Waals surface area contributed by atoms with Crippen LogP contribution >= 0.6 is 11.5 Å². The number of nitrogens with zero attached hydrogens (tertiary/aromatic N) is 3. The molecule has 2 heterocycles. The molecule has 2 atom stereocenters. The first-order valence-corrected chi connectivity index (χ1v) is 11.3. The molecule has 0 saturated heterocycles. The Labute approximate surface area is 200 Å². The van der Waals surface area contributed by atoms with Crippen molar-refractivity contribution >= 4 is 28.5 Å². The third-order valence-electron chi connectivity index (χ3n) is 5.07. The molecule has 3 aromatic rings. The summed E-state index contributed by atoms with van der Waals surface area (Å²) in [5.41, 5.74) is 0.708. The summed E-state index contributed by atoms with van der Waals surface area (Å²) in [6, 6.07) is 9.63.